The van der Waals surface area contributed by atoms with E-state index in [4.69, 9.17) is 0 Å². The van der Waals surface area contributed by atoms with E-state index >= 15 is 0 Å². The summed E-state index contributed by atoms with van der Waals surface area (Å²) in [6.07, 6.45) is 1.34. The third-order valence-electron chi connectivity index (χ3n) is 5.89. The Labute approximate surface area is 224 Å². The molecule has 210 valence electrons. The molecule has 2 aromatic carbocycles. The van der Waals surface area contributed by atoms with Gasteiger partial charge in [0, 0.05) is 30.7 Å². The lowest BCUT2D eigenvalue weighted by molar-refractivity contribution is -0.384. The van der Waals surface area contributed by atoms with Crippen molar-refractivity contribution in [1.29, 1.82) is 0 Å². The Balaban J connectivity index is 2.24. The maximum Gasteiger partial charge on any atom is 0.534 e. The van der Waals surface area contributed by atoms with Crippen LogP contribution in [-0.2, 0) is 24.3 Å². The van der Waals surface area contributed by atoms with Gasteiger partial charge in [-0.1, -0.05) is 49.1 Å². The second kappa shape index (κ2) is 11.8. The lowest BCUT2D eigenvalue weighted by atomic mass is 9.98. The molecule has 14 heteroatoms. The van der Waals surface area contributed by atoms with Gasteiger partial charge >= 0.3 is 15.6 Å². The predicted octanol–water partition coefficient (Wildman–Crippen LogP) is 5.35. The molecular formula is C25H25F3N2O7S2. The second-order valence-electron chi connectivity index (χ2n) is 8.67. The van der Waals surface area contributed by atoms with E-state index in [0.717, 1.165) is 28.4 Å². The minimum atomic E-state index is -6.13. The van der Waals surface area contributed by atoms with Gasteiger partial charge in [0.15, 0.2) is 5.76 Å². The highest BCUT2D eigenvalue weighted by molar-refractivity contribution is 7.89. The second-order valence-corrected chi connectivity index (χ2v) is 12.1. The lowest BCUT2D eigenvalue weighted by Crippen LogP contribution is -2.31. The van der Waals surface area contributed by atoms with Crippen molar-refractivity contribution in [3.63, 3.8) is 0 Å². The standard InChI is InChI=1S/C25H25F3N2O7S2/c1-3-4-5-6-7-23(37-39(35,36)25(26,27)28)22-16-17-29(38(33,34)21-14-8-18(2)9-15-21)24(22)19-10-12-20(13-11-19)30(31)32/h8-15,24H,3-5,16-17H2,1-2H3/b23-22+/t24-/m0/s1. The summed E-state index contributed by atoms with van der Waals surface area (Å²) in [5.74, 6) is 4.15. The van der Waals surface area contributed by atoms with Gasteiger partial charge in [0.1, 0.15) is 0 Å². The summed E-state index contributed by atoms with van der Waals surface area (Å²) in [5, 5.41) is 11.1. The summed E-state index contributed by atoms with van der Waals surface area (Å²) in [5.41, 5.74) is -5.22. The number of unbranched alkanes of at least 4 members (excludes halogenated alkanes) is 2. The van der Waals surface area contributed by atoms with Crippen molar-refractivity contribution in [2.75, 3.05) is 6.54 Å². The molecule has 1 saturated heterocycles. The summed E-state index contributed by atoms with van der Waals surface area (Å²) < 4.78 is 96.3. The van der Waals surface area contributed by atoms with E-state index in [-0.39, 0.29) is 41.1 Å². The van der Waals surface area contributed by atoms with Gasteiger partial charge in [0.05, 0.1) is 15.9 Å². The van der Waals surface area contributed by atoms with Crippen LogP contribution in [0.4, 0.5) is 18.9 Å². The number of nitro benzene ring substituents is 1. The number of halogens is 3. The van der Waals surface area contributed by atoms with E-state index in [0.29, 0.717) is 6.42 Å². The molecule has 1 aliphatic heterocycles. The van der Waals surface area contributed by atoms with Crippen LogP contribution in [0.3, 0.4) is 0 Å². The minimum absolute atomic E-state index is 0.0966. The van der Waals surface area contributed by atoms with E-state index in [1.54, 1.807) is 19.1 Å². The summed E-state index contributed by atoms with van der Waals surface area (Å²) in [4.78, 5) is 10.4. The van der Waals surface area contributed by atoms with Gasteiger partial charge in [0.2, 0.25) is 10.0 Å². The molecule has 2 aromatic rings. The number of hydrogen-bond acceptors (Lipinski definition) is 7. The van der Waals surface area contributed by atoms with Crippen molar-refractivity contribution in [2.24, 2.45) is 0 Å². The zero-order valence-electron chi connectivity index (χ0n) is 20.9. The Kier molecular flexibility index (Phi) is 9.09. The first-order valence-electron chi connectivity index (χ1n) is 11.7. The first-order valence-corrected chi connectivity index (χ1v) is 14.6. The number of aryl methyl sites for hydroxylation is 1. The van der Waals surface area contributed by atoms with Gasteiger partial charge in [-0.05, 0) is 43.4 Å². The molecule has 1 heterocycles. The van der Waals surface area contributed by atoms with Crippen LogP contribution in [-0.4, -0.2) is 38.1 Å². The molecule has 1 fully saturated rings. The zero-order valence-corrected chi connectivity index (χ0v) is 22.6. The van der Waals surface area contributed by atoms with Gasteiger partial charge in [-0.15, -0.1) is 0 Å². The Bertz CT molecular complexity index is 1520. The topological polar surface area (TPSA) is 124 Å². The maximum atomic E-state index is 13.6. The molecule has 1 aliphatic rings. The molecule has 0 N–H and O–H groups in total. The van der Waals surface area contributed by atoms with Crippen LogP contribution in [0.15, 0.2) is 64.8 Å². The van der Waals surface area contributed by atoms with Gasteiger partial charge < -0.3 is 4.18 Å². The smallest absolute Gasteiger partial charge is 0.367 e. The fourth-order valence-electron chi connectivity index (χ4n) is 3.88. The minimum Gasteiger partial charge on any atom is -0.367 e. The number of hydrogen-bond donors (Lipinski definition) is 0. The Morgan fingerprint density at radius 2 is 1.72 bits per heavy atom. The molecule has 0 aliphatic carbocycles. The molecule has 3 rings (SSSR count). The molecule has 0 aromatic heterocycles. The van der Waals surface area contributed by atoms with Crippen LogP contribution in [0.25, 0.3) is 0 Å². The lowest BCUT2D eigenvalue weighted by Gasteiger charge is -2.26. The Morgan fingerprint density at radius 3 is 2.26 bits per heavy atom. The third kappa shape index (κ3) is 6.78. The van der Waals surface area contributed by atoms with Gasteiger partial charge in [-0.25, -0.2) is 8.42 Å². The van der Waals surface area contributed by atoms with Crippen molar-refractivity contribution in [1.82, 2.24) is 4.31 Å². The largest absolute Gasteiger partial charge is 0.534 e. The molecule has 39 heavy (non-hydrogen) atoms. The fraction of sp³-hybridized carbons (Fsp3) is 0.360. The molecule has 0 spiro atoms. The van der Waals surface area contributed by atoms with Crippen LogP contribution < -0.4 is 0 Å². The summed E-state index contributed by atoms with van der Waals surface area (Å²) in [6.45, 7) is 3.39. The first-order chi connectivity index (χ1) is 18.2. The number of non-ortho nitro benzene ring substituents is 1. The van der Waals surface area contributed by atoms with Crippen LogP contribution in [0.2, 0.25) is 0 Å². The quantitative estimate of drug-likeness (QED) is 0.0777. The van der Waals surface area contributed by atoms with E-state index in [9.17, 15) is 40.1 Å². The third-order valence-corrected chi connectivity index (χ3v) is 8.72. The van der Waals surface area contributed by atoms with Gasteiger partial charge in [0.25, 0.3) is 5.69 Å². The average molecular weight is 587 g/mol. The molecule has 0 saturated carbocycles. The van der Waals surface area contributed by atoms with Crippen LogP contribution in [0.1, 0.15) is 49.8 Å². The van der Waals surface area contributed by atoms with Crippen LogP contribution >= 0.6 is 0 Å². The van der Waals surface area contributed by atoms with Crippen molar-refractivity contribution in [3.05, 3.63) is 81.1 Å². The molecule has 0 amide bonds. The summed E-state index contributed by atoms with van der Waals surface area (Å²) >= 11 is 0. The number of benzene rings is 2. The van der Waals surface area contributed by atoms with Crippen molar-refractivity contribution >= 4 is 25.8 Å². The molecule has 0 bridgehead atoms. The van der Waals surface area contributed by atoms with E-state index in [1.165, 1.54) is 24.3 Å². The number of nitro groups is 1. The molecular weight excluding hydrogens is 561 g/mol. The Morgan fingerprint density at radius 1 is 1.10 bits per heavy atom. The van der Waals surface area contributed by atoms with Crippen LogP contribution in [0.5, 0.6) is 0 Å². The summed E-state index contributed by atoms with van der Waals surface area (Å²) in [6, 6.07) is 9.29. The Hall–Kier alpha value is -3.41. The van der Waals surface area contributed by atoms with E-state index in [1.807, 2.05) is 6.92 Å². The molecule has 0 unspecified atom stereocenters. The number of nitrogens with zero attached hydrogens (tertiary/aromatic N) is 2. The first kappa shape index (κ1) is 30.1. The highest BCUT2D eigenvalue weighted by Gasteiger charge is 2.50. The summed E-state index contributed by atoms with van der Waals surface area (Å²) in [7, 11) is -10.4. The molecule has 1 atom stereocenters. The highest BCUT2D eigenvalue weighted by atomic mass is 32.2. The number of sulfonamides is 1. The van der Waals surface area contributed by atoms with Crippen molar-refractivity contribution in [2.45, 2.75) is 56.0 Å². The molecule has 9 nitrogen and oxygen atoms in total. The van der Waals surface area contributed by atoms with Crippen molar-refractivity contribution in [3.8, 4) is 11.8 Å². The number of allylic oxidation sites excluding steroid dienone is 1. The van der Waals surface area contributed by atoms with Crippen LogP contribution in [0, 0.1) is 28.9 Å². The van der Waals surface area contributed by atoms with E-state index < -0.39 is 42.4 Å². The van der Waals surface area contributed by atoms with Gasteiger partial charge in [-0.2, -0.15) is 25.9 Å². The number of rotatable bonds is 8. The predicted molar refractivity (Wildman–Crippen MR) is 136 cm³/mol. The SMILES string of the molecule is CCCCC#C/C(OS(=O)(=O)C(F)(F)F)=C1/CCN(S(=O)(=O)c2ccc(C)cc2)[C@H]1c1ccc([N+](=O)[O-])cc1. The maximum absolute atomic E-state index is 13.6. The zero-order chi connectivity index (χ0) is 29.0. The highest BCUT2D eigenvalue weighted by Crippen LogP contribution is 2.43. The van der Waals surface area contributed by atoms with Crippen molar-refractivity contribution < 1.29 is 39.1 Å². The van der Waals surface area contributed by atoms with Gasteiger partial charge in [-0.3, -0.25) is 10.1 Å². The number of alkyl halides is 3. The molecule has 0 radical (unpaired) electrons. The normalized spacial score (nSPS) is 17.8. The van der Waals surface area contributed by atoms with E-state index in [2.05, 4.69) is 16.0 Å². The monoisotopic (exact) mass is 586 g/mol. The fourth-order valence-corrected chi connectivity index (χ4v) is 5.95. The average Bonchev–Trinajstić information content (AvgIpc) is 3.31.